The third-order valence-electron chi connectivity index (χ3n) is 3.38. The largest absolute Gasteiger partial charge is 0.344 e. The molecule has 1 aliphatic heterocycles. The quantitative estimate of drug-likeness (QED) is 0.700. The Morgan fingerprint density at radius 1 is 1.17 bits per heavy atom. The van der Waals surface area contributed by atoms with Crippen molar-refractivity contribution in [1.29, 1.82) is 0 Å². The predicted molar refractivity (Wildman–Crippen MR) is 69.6 cm³/mol. The van der Waals surface area contributed by atoms with Gasteiger partial charge in [-0.25, -0.2) is 4.79 Å². The Kier molecular flexibility index (Phi) is 2.76. The van der Waals surface area contributed by atoms with Gasteiger partial charge in [-0.3, -0.25) is 0 Å². The number of likely N-dealkylation sites (N-methyl/N-ethyl adjacent to an activating group) is 1. The average molecular weight is 244 g/mol. The van der Waals surface area contributed by atoms with Gasteiger partial charge in [0.2, 0.25) is 0 Å². The molecular weight excluding hydrogens is 228 g/mol. The first-order valence-corrected chi connectivity index (χ1v) is 6.16. The molecule has 1 amide bonds. The number of hydrogen-bond donors (Lipinski definition) is 0. The van der Waals surface area contributed by atoms with Gasteiger partial charge in [0, 0.05) is 37.8 Å². The van der Waals surface area contributed by atoms with Crippen molar-refractivity contribution in [3.63, 3.8) is 0 Å². The summed E-state index contributed by atoms with van der Waals surface area (Å²) >= 11 is 0. The maximum Gasteiger partial charge on any atom is 0.344 e. The molecule has 18 heavy (non-hydrogen) atoms. The van der Waals surface area contributed by atoms with E-state index in [0.717, 1.165) is 37.1 Å². The second-order valence-corrected chi connectivity index (χ2v) is 4.71. The Hall–Kier alpha value is -1.88. The highest BCUT2D eigenvalue weighted by molar-refractivity contribution is 5.84. The molecule has 3 rings (SSSR count). The summed E-state index contributed by atoms with van der Waals surface area (Å²) in [6, 6.07) is 7.74. The predicted octanol–water partition coefficient (Wildman–Crippen LogP) is 1.25. The second-order valence-electron chi connectivity index (χ2n) is 4.71. The van der Waals surface area contributed by atoms with Gasteiger partial charge < -0.3 is 9.80 Å². The summed E-state index contributed by atoms with van der Waals surface area (Å²) in [6.07, 6.45) is 1.80. The van der Waals surface area contributed by atoms with E-state index in [4.69, 9.17) is 0 Å². The molecule has 2 heterocycles. The zero-order valence-electron chi connectivity index (χ0n) is 10.4. The van der Waals surface area contributed by atoms with Gasteiger partial charge in [-0.2, -0.15) is 9.78 Å². The van der Waals surface area contributed by atoms with Crippen LogP contribution in [-0.4, -0.2) is 58.8 Å². The van der Waals surface area contributed by atoms with Gasteiger partial charge in [0.15, 0.2) is 0 Å². The van der Waals surface area contributed by atoms with Crippen molar-refractivity contribution in [2.45, 2.75) is 0 Å². The number of benzene rings is 1. The molecule has 0 aliphatic carbocycles. The number of rotatable bonds is 0. The molecule has 5 heteroatoms. The fourth-order valence-corrected chi connectivity index (χ4v) is 2.21. The van der Waals surface area contributed by atoms with E-state index in [9.17, 15) is 4.79 Å². The van der Waals surface area contributed by atoms with E-state index in [1.807, 2.05) is 29.2 Å². The molecular formula is C13H16N4O. The van der Waals surface area contributed by atoms with Crippen molar-refractivity contribution in [2.75, 3.05) is 33.2 Å². The number of aromatic nitrogens is 2. The van der Waals surface area contributed by atoms with E-state index in [-0.39, 0.29) is 6.03 Å². The SMILES string of the molecule is CN1CCN(C(=O)n2cc3ccccc3n2)CC1. The number of amides is 1. The van der Waals surface area contributed by atoms with Crippen LogP contribution in [0.1, 0.15) is 0 Å². The third-order valence-corrected chi connectivity index (χ3v) is 3.38. The van der Waals surface area contributed by atoms with Crippen LogP contribution in [0.5, 0.6) is 0 Å². The normalized spacial score (nSPS) is 17.3. The average Bonchev–Trinajstić information content (AvgIpc) is 2.82. The molecule has 1 fully saturated rings. The first kappa shape index (κ1) is 11.2. The Labute approximate surface area is 106 Å². The van der Waals surface area contributed by atoms with Crippen molar-refractivity contribution in [1.82, 2.24) is 19.6 Å². The number of nitrogens with zero attached hydrogens (tertiary/aromatic N) is 4. The standard InChI is InChI=1S/C13H16N4O/c1-15-6-8-16(9-7-15)13(18)17-10-11-4-2-3-5-12(11)14-17/h2-5,10H,6-9H2,1H3. The number of piperazine rings is 1. The monoisotopic (exact) mass is 244 g/mol. The van der Waals surface area contributed by atoms with Crippen molar-refractivity contribution >= 4 is 16.9 Å². The lowest BCUT2D eigenvalue weighted by Crippen LogP contribution is -2.48. The number of hydrogen-bond acceptors (Lipinski definition) is 3. The van der Waals surface area contributed by atoms with Crippen LogP contribution in [0.3, 0.4) is 0 Å². The summed E-state index contributed by atoms with van der Waals surface area (Å²) < 4.78 is 1.45. The van der Waals surface area contributed by atoms with Gasteiger partial charge in [-0.15, -0.1) is 0 Å². The summed E-state index contributed by atoms with van der Waals surface area (Å²) in [6.45, 7) is 3.39. The molecule has 0 N–H and O–H groups in total. The highest BCUT2D eigenvalue weighted by Gasteiger charge is 2.21. The lowest BCUT2D eigenvalue weighted by molar-refractivity contribution is 0.153. The molecule has 5 nitrogen and oxygen atoms in total. The maximum absolute atomic E-state index is 12.3. The van der Waals surface area contributed by atoms with Crippen molar-refractivity contribution in [2.24, 2.45) is 0 Å². The molecule has 0 spiro atoms. The first-order chi connectivity index (χ1) is 8.74. The number of fused-ring (bicyclic) bond motifs is 1. The molecule has 0 saturated carbocycles. The molecule has 1 aromatic carbocycles. The fourth-order valence-electron chi connectivity index (χ4n) is 2.21. The van der Waals surface area contributed by atoms with E-state index in [2.05, 4.69) is 17.0 Å². The number of carbonyl (C=O) groups excluding carboxylic acids is 1. The topological polar surface area (TPSA) is 41.4 Å². The maximum atomic E-state index is 12.3. The molecule has 0 atom stereocenters. The van der Waals surface area contributed by atoms with Gasteiger partial charge >= 0.3 is 6.03 Å². The van der Waals surface area contributed by atoms with Crippen LogP contribution in [-0.2, 0) is 0 Å². The van der Waals surface area contributed by atoms with Gasteiger partial charge in [0.05, 0.1) is 5.52 Å². The lowest BCUT2D eigenvalue weighted by atomic mass is 10.3. The van der Waals surface area contributed by atoms with Gasteiger partial charge in [0.25, 0.3) is 0 Å². The van der Waals surface area contributed by atoms with Crippen LogP contribution >= 0.6 is 0 Å². The zero-order chi connectivity index (χ0) is 12.5. The Morgan fingerprint density at radius 3 is 2.61 bits per heavy atom. The summed E-state index contributed by atoms with van der Waals surface area (Å²) in [5.41, 5.74) is 0.861. The second kappa shape index (κ2) is 4.42. The minimum absolute atomic E-state index is 0.0284. The van der Waals surface area contributed by atoms with Crippen LogP contribution in [0.15, 0.2) is 30.5 Å². The molecule has 0 unspecified atom stereocenters. The van der Waals surface area contributed by atoms with Crippen LogP contribution in [0, 0.1) is 0 Å². The molecule has 0 radical (unpaired) electrons. The van der Waals surface area contributed by atoms with E-state index >= 15 is 0 Å². The molecule has 94 valence electrons. The number of carbonyl (C=O) groups is 1. The summed E-state index contributed by atoms with van der Waals surface area (Å²) in [5.74, 6) is 0. The van der Waals surface area contributed by atoms with Crippen molar-refractivity contribution in [3.8, 4) is 0 Å². The van der Waals surface area contributed by atoms with Crippen molar-refractivity contribution < 1.29 is 4.79 Å². The van der Waals surface area contributed by atoms with E-state index in [0.29, 0.717) is 0 Å². The van der Waals surface area contributed by atoms with Crippen LogP contribution in [0.4, 0.5) is 4.79 Å². The highest BCUT2D eigenvalue weighted by Crippen LogP contribution is 2.12. The molecule has 1 aromatic heterocycles. The molecule has 0 bridgehead atoms. The van der Waals surface area contributed by atoms with E-state index < -0.39 is 0 Å². The Bertz CT molecular complexity index is 536. The summed E-state index contributed by atoms with van der Waals surface area (Å²) in [7, 11) is 2.07. The van der Waals surface area contributed by atoms with E-state index in [1.165, 1.54) is 4.68 Å². The fraction of sp³-hybridized carbons (Fsp3) is 0.385. The molecule has 2 aromatic rings. The van der Waals surface area contributed by atoms with Crippen LogP contribution in [0.25, 0.3) is 10.9 Å². The zero-order valence-corrected chi connectivity index (χ0v) is 10.4. The third kappa shape index (κ3) is 1.97. The molecule has 1 saturated heterocycles. The van der Waals surface area contributed by atoms with Gasteiger partial charge in [0.1, 0.15) is 0 Å². The Morgan fingerprint density at radius 2 is 1.89 bits per heavy atom. The van der Waals surface area contributed by atoms with Gasteiger partial charge in [-0.1, -0.05) is 18.2 Å². The Balaban J connectivity index is 1.83. The highest BCUT2D eigenvalue weighted by atomic mass is 16.2. The van der Waals surface area contributed by atoms with Crippen LogP contribution < -0.4 is 0 Å². The minimum Gasteiger partial charge on any atom is -0.320 e. The molecule has 1 aliphatic rings. The van der Waals surface area contributed by atoms with Crippen LogP contribution in [0.2, 0.25) is 0 Å². The summed E-state index contributed by atoms with van der Waals surface area (Å²) in [5, 5.41) is 5.32. The lowest BCUT2D eigenvalue weighted by Gasteiger charge is -2.31. The minimum atomic E-state index is -0.0284. The van der Waals surface area contributed by atoms with Crippen molar-refractivity contribution in [3.05, 3.63) is 30.5 Å². The summed E-state index contributed by atoms with van der Waals surface area (Å²) in [4.78, 5) is 16.4. The smallest absolute Gasteiger partial charge is 0.320 e. The first-order valence-electron chi connectivity index (χ1n) is 6.16. The van der Waals surface area contributed by atoms with Gasteiger partial charge in [-0.05, 0) is 13.1 Å². The van der Waals surface area contributed by atoms with E-state index in [1.54, 1.807) is 6.20 Å².